The standard InChI is InChI=1S/C32H45NO4/c1-20-21-9-10-24-30(4,22(21)17-23(34)26(20)35)14-16-32(6)25-18-28(2,19-37-27(36)33(7)8)11-12-29(25,3)13-15-31(24,32)5/h9-10,17,25,35H,11-16,18-19H2,1-8H3/t25-,28-,29-,30?,31-,32+/m1/s1. The Labute approximate surface area is 222 Å². The van der Waals surface area contributed by atoms with Crippen molar-refractivity contribution >= 4 is 11.9 Å². The number of fused-ring (bicyclic) bond motifs is 7. The highest BCUT2D eigenvalue weighted by Crippen LogP contribution is 2.75. The number of aliphatic hydroxyl groups is 1. The third kappa shape index (κ3) is 3.55. The van der Waals surface area contributed by atoms with E-state index in [1.54, 1.807) is 20.2 Å². The molecular formula is C32H45NO4. The van der Waals surface area contributed by atoms with Crippen LogP contribution >= 0.6 is 0 Å². The maximum atomic E-state index is 12.7. The number of carbonyl (C=O) groups is 2. The minimum atomic E-state index is -0.267. The number of nitrogens with zero attached hydrogens (tertiary/aromatic N) is 1. The summed E-state index contributed by atoms with van der Waals surface area (Å²) in [7, 11) is 3.47. The molecule has 0 aromatic carbocycles. The van der Waals surface area contributed by atoms with Crippen molar-refractivity contribution in [2.24, 2.45) is 33.0 Å². The van der Waals surface area contributed by atoms with Gasteiger partial charge in [-0.25, -0.2) is 4.79 Å². The molecule has 1 amide bonds. The van der Waals surface area contributed by atoms with Crippen molar-refractivity contribution in [1.29, 1.82) is 0 Å². The summed E-state index contributed by atoms with van der Waals surface area (Å²) in [6.45, 7) is 14.5. The summed E-state index contributed by atoms with van der Waals surface area (Å²) in [4.78, 5) is 26.4. The Bertz CT molecular complexity index is 1190. The highest BCUT2D eigenvalue weighted by Gasteiger charge is 2.66. The van der Waals surface area contributed by atoms with E-state index in [9.17, 15) is 14.7 Å². The van der Waals surface area contributed by atoms with Crippen LogP contribution < -0.4 is 0 Å². The molecule has 0 bridgehead atoms. The van der Waals surface area contributed by atoms with Gasteiger partial charge in [0.05, 0.1) is 6.61 Å². The number of ketones is 1. The first-order valence-corrected chi connectivity index (χ1v) is 14.0. The first-order chi connectivity index (χ1) is 17.1. The number of carbonyl (C=O) groups excluding carboxylic acids is 2. The van der Waals surface area contributed by atoms with E-state index in [1.807, 2.05) is 6.92 Å². The first-order valence-electron chi connectivity index (χ1n) is 14.0. The molecule has 5 aliphatic carbocycles. The molecule has 5 heteroatoms. The number of aliphatic hydroxyl groups excluding tert-OH is 1. The number of amides is 1. The highest BCUT2D eigenvalue weighted by molar-refractivity contribution is 6.06. The zero-order chi connectivity index (χ0) is 27.2. The third-order valence-electron chi connectivity index (χ3n) is 11.9. The Morgan fingerprint density at radius 1 is 1.03 bits per heavy atom. The lowest BCUT2D eigenvalue weighted by Crippen LogP contribution is -2.62. The fraction of sp³-hybridized carbons (Fsp3) is 0.688. The highest BCUT2D eigenvalue weighted by atomic mass is 16.6. The summed E-state index contributed by atoms with van der Waals surface area (Å²) in [6.07, 6.45) is 13.7. The van der Waals surface area contributed by atoms with E-state index in [1.165, 1.54) is 23.3 Å². The van der Waals surface area contributed by atoms with Gasteiger partial charge in [-0.05, 0) is 91.3 Å². The van der Waals surface area contributed by atoms with Gasteiger partial charge in [0.1, 0.15) is 0 Å². The van der Waals surface area contributed by atoms with Crippen LogP contribution in [0.3, 0.4) is 0 Å². The largest absolute Gasteiger partial charge is 0.504 e. The minimum absolute atomic E-state index is 0.00572. The van der Waals surface area contributed by atoms with E-state index in [0.717, 1.165) is 43.3 Å². The summed E-state index contributed by atoms with van der Waals surface area (Å²) < 4.78 is 5.75. The minimum Gasteiger partial charge on any atom is -0.504 e. The fourth-order valence-electron chi connectivity index (χ4n) is 9.02. The molecule has 37 heavy (non-hydrogen) atoms. The van der Waals surface area contributed by atoms with Gasteiger partial charge in [0.2, 0.25) is 5.78 Å². The van der Waals surface area contributed by atoms with Crippen molar-refractivity contribution in [2.45, 2.75) is 86.5 Å². The monoisotopic (exact) mass is 507 g/mol. The van der Waals surface area contributed by atoms with Crippen molar-refractivity contribution in [3.8, 4) is 0 Å². The summed E-state index contributed by atoms with van der Waals surface area (Å²) in [5.41, 5.74) is 4.43. The van der Waals surface area contributed by atoms with Crippen molar-refractivity contribution in [1.82, 2.24) is 4.90 Å². The van der Waals surface area contributed by atoms with Gasteiger partial charge in [0.15, 0.2) is 5.76 Å². The summed E-state index contributed by atoms with van der Waals surface area (Å²) in [5.74, 6) is 0.142. The molecule has 0 aliphatic heterocycles. The Balaban J connectivity index is 1.53. The molecule has 5 rings (SSSR count). The van der Waals surface area contributed by atoms with Crippen LogP contribution in [0, 0.1) is 33.0 Å². The Morgan fingerprint density at radius 3 is 2.38 bits per heavy atom. The van der Waals surface area contributed by atoms with Gasteiger partial charge in [0.25, 0.3) is 0 Å². The van der Waals surface area contributed by atoms with Crippen LogP contribution in [0.15, 0.2) is 46.3 Å². The number of hydrogen-bond acceptors (Lipinski definition) is 4. The smallest absolute Gasteiger partial charge is 0.409 e. The molecule has 5 aliphatic rings. The molecule has 0 radical (unpaired) electrons. The topological polar surface area (TPSA) is 66.8 Å². The van der Waals surface area contributed by atoms with Crippen LogP contribution in [-0.4, -0.2) is 42.6 Å². The van der Waals surface area contributed by atoms with Gasteiger partial charge in [-0.15, -0.1) is 0 Å². The molecule has 202 valence electrons. The summed E-state index contributed by atoms with van der Waals surface area (Å²) >= 11 is 0. The molecular weight excluding hydrogens is 462 g/mol. The maximum Gasteiger partial charge on any atom is 0.409 e. The Hall–Kier alpha value is -2.30. The average Bonchev–Trinajstić information content (AvgIpc) is 2.84. The second-order valence-electron chi connectivity index (χ2n) is 14.3. The van der Waals surface area contributed by atoms with E-state index < -0.39 is 0 Å². The van der Waals surface area contributed by atoms with Gasteiger partial charge < -0.3 is 14.7 Å². The van der Waals surface area contributed by atoms with Gasteiger partial charge in [-0.3, -0.25) is 4.79 Å². The van der Waals surface area contributed by atoms with Crippen molar-refractivity contribution < 1.29 is 19.4 Å². The molecule has 3 fully saturated rings. The normalized spacial score (nSPS) is 42.9. The SMILES string of the molecule is CC1=C(O)C(=O)C=C2C1=CC=C1C2(C)CC[C@@]2(C)[C@@H]3C[C@](C)(COC(=O)N(C)C)CC[C@]3(C)CC[C@]12C. The summed E-state index contributed by atoms with van der Waals surface area (Å²) in [5, 5.41) is 10.3. The molecule has 0 aromatic heterocycles. The van der Waals surface area contributed by atoms with Crippen LogP contribution in [0.25, 0.3) is 0 Å². The zero-order valence-electron chi connectivity index (χ0n) is 24.1. The van der Waals surface area contributed by atoms with Gasteiger partial charge in [-0.2, -0.15) is 0 Å². The van der Waals surface area contributed by atoms with Crippen molar-refractivity contribution in [3.63, 3.8) is 0 Å². The van der Waals surface area contributed by atoms with Crippen LogP contribution in [0.1, 0.15) is 86.5 Å². The van der Waals surface area contributed by atoms with Gasteiger partial charge >= 0.3 is 6.09 Å². The van der Waals surface area contributed by atoms with E-state index >= 15 is 0 Å². The average molecular weight is 508 g/mol. The summed E-state index contributed by atoms with van der Waals surface area (Å²) in [6, 6.07) is 0. The van der Waals surface area contributed by atoms with Crippen LogP contribution in [0.2, 0.25) is 0 Å². The van der Waals surface area contributed by atoms with E-state index in [4.69, 9.17) is 4.74 Å². The molecule has 0 saturated heterocycles. The van der Waals surface area contributed by atoms with Gasteiger partial charge in [-0.1, -0.05) is 52.3 Å². The first kappa shape index (κ1) is 26.3. The number of ether oxygens (including phenoxy) is 1. The van der Waals surface area contributed by atoms with E-state index in [-0.39, 0.29) is 44.7 Å². The number of hydrogen-bond donors (Lipinski definition) is 1. The molecule has 0 aromatic rings. The van der Waals surface area contributed by atoms with Gasteiger partial charge in [0, 0.05) is 30.5 Å². The fourth-order valence-corrected chi connectivity index (χ4v) is 9.02. The molecule has 6 atom stereocenters. The quantitative estimate of drug-likeness (QED) is 0.425. The van der Waals surface area contributed by atoms with E-state index in [0.29, 0.717) is 18.1 Å². The second-order valence-corrected chi connectivity index (χ2v) is 14.3. The van der Waals surface area contributed by atoms with Crippen molar-refractivity contribution in [2.75, 3.05) is 20.7 Å². The second kappa shape index (κ2) is 8.10. The lowest BCUT2D eigenvalue weighted by molar-refractivity contribution is -0.166. The zero-order valence-corrected chi connectivity index (χ0v) is 24.1. The molecule has 0 heterocycles. The molecule has 0 spiro atoms. The molecule has 1 unspecified atom stereocenters. The van der Waals surface area contributed by atoms with Crippen LogP contribution in [0.5, 0.6) is 0 Å². The Morgan fingerprint density at radius 2 is 1.70 bits per heavy atom. The third-order valence-corrected chi connectivity index (χ3v) is 11.9. The van der Waals surface area contributed by atoms with Crippen molar-refractivity contribution in [3.05, 3.63) is 46.3 Å². The Kier molecular flexibility index (Phi) is 5.76. The van der Waals surface area contributed by atoms with Crippen LogP contribution in [0.4, 0.5) is 4.79 Å². The predicted molar refractivity (Wildman–Crippen MR) is 146 cm³/mol. The number of rotatable bonds is 2. The lowest BCUT2D eigenvalue weighted by Gasteiger charge is -2.70. The maximum absolute atomic E-state index is 12.7. The predicted octanol–water partition coefficient (Wildman–Crippen LogP) is 7.31. The molecule has 5 nitrogen and oxygen atoms in total. The molecule has 1 N–H and O–H groups in total. The van der Waals surface area contributed by atoms with E-state index in [2.05, 4.69) is 46.8 Å². The number of allylic oxidation sites excluding steroid dienone is 7. The van der Waals surface area contributed by atoms with Crippen LogP contribution in [-0.2, 0) is 9.53 Å². The lowest BCUT2D eigenvalue weighted by atomic mass is 9.34. The molecule has 3 saturated carbocycles.